The fourth-order valence-corrected chi connectivity index (χ4v) is 7.03. The van der Waals surface area contributed by atoms with Crippen molar-refractivity contribution in [3.8, 4) is 0 Å². The molecular formula is C24H37F3OY. The Labute approximate surface area is 199 Å². The van der Waals surface area contributed by atoms with Crippen LogP contribution in [0.15, 0.2) is 11.6 Å². The van der Waals surface area contributed by atoms with E-state index in [1.54, 1.807) is 0 Å². The van der Waals surface area contributed by atoms with Gasteiger partial charge in [-0.05, 0) is 87.9 Å². The van der Waals surface area contributed by atoms with Crippen molar-refractivity contribution in [2.45, 2.75) is 102 Å². The molecule has 0 heterocycles. The second-order valence-corrected chi connectivity index (χ2v) is 10.3. The number of alkyl halides is 3. The third-order valence-electron chi connectivity index (χ3n) is 8.79. The molecule has 29 heavy (non-hydrogen) atoms. The van der Waals surface area contributed by atoms with E-state index in [0.717, 1.165) is 36.5 Å². The van der Waals surface area contributed by atoms with Gasteiger partial charge in [0.15, 0.2) is 0 Å². The topological polar surface area (TPSA) is 20.2 Å². The number of aliphatic hydroxyl groups is 1. The summed E-state index contributed by atoms with van der Waals surface area (Å²) in [7, 11) is 0. The standard InChI is InChI=1S/C24H37F3O.Y/c25-24(26,27)21-13-14-22(23(28)15-21)20-11-9-19(10-12-20)18-7-5-17(6-8-18)16-3-1-2-4-16;/h11,16-19,21-23,28H,1-10,12-15H2;. The quantitative estimate of drug-likeness (QED) is 0.423. The molecule has 163 valence electrons. The Morgan fingerprint density at radius 1 is 0.759 bits per heavy atom. The molecule has 3 fully saturated rings. The molecule has 0 bridgehead atoms. The van der Waals surface area contributed by atoms with Crippen LogP contribution in [0.5, 0.6) is 0 Å². The van der Waals surface area contributed by atoms with Gasteiger partial charge in [-0.2, -0.15) is 13.2 Å². The Hall–Kier alpha value is 0.594. The van der Waals surface area contributed by atoms with Gasteiger partial charge >= 0.3 is 6.18 Å². The third-order valence-corrected chi connectivity index (χ3v) is 8.79. The maximum Gasteiger partial charge on any atom is 0.391 e. The van der Waals surface area contributed by atoms with E-state index in [0.29, 0.717) is 6.42 Å². The summed E-state index contributed by atoms with van der Waals surface area (Å²) in [5, 5.41) is 10.4. The van der Waals surface area contributed by atoms with Crippen molar-refractivity contribution in [2.75, 3.05) is 0 Å². The van der Waals surface area contributed by atoms with Gasteiger partial charge in [0.25, 0.3) is 0 Å². The van der Waals surface area contributed by atoms with E-state index in [2.05, 4.69) is 6.08 Å². The minimum Gasteiger partial charge on any atom is -0.392 e. The Morgan fingerprint density at radius 2 is 1.34 bits per heavy atom. The first-order chi connectivity index (χ1) is 13.4. The van der Waals surface area contributed by atoms with Crippen molar-refractivity contribution < 1.29 is 51.0 Å². The molecule has 0 saturated heterocycles. The first-order valence-corrected chi connectivity index (χ1v) is 11.9. The predicted molar refractivity (Wildman–Crippen MR) is 106 cm³/mol. The summed E-state index contributed by atoms with van der Waals surface area (Å²) >= 11 is 0. The second-order valence-electron chi connectivity index (χ2n) is 10.3. The molecule has 0 aromatic heterocycles. The molecule has 3 saturated carbocycles. The van der Waals surface area contributed by atoms with Crippen LogP contribution in [0.2, 0.25) is 0 Å². The zero-order chi connectivity index (χ0) is 19.7. The Kier molecular flexibility index (Phi) is 8.75. The molecular weight excluding hydrogens is 450 g/mol. The Balaban J connectivity index is 0.00000240. The van der Waals surface area contributed by atoms with Crippen molar-refractivity contribution in [3.05, 3.63) is 11.6 Å². The number of aliphatic hydroxyl groups excluding tert-OH is 1. The average Bonchev–Trinajstić information content (AvgIpc) is 3.22. The van der Waals surface area contributed by atoms with E-state index in [1.165, 1.54) is 63.4 Å². The summed E-state index contributed by atoms with van der Waals surface area (Å²) in [5.74, 6) is 2.25. The molecule has 0 aromatic rings. The van der Waals surface area contributed by atoms with E-state index >= 15 is 0 Å². The molecule has 4 aliphatic rings. The van der Waals surface area contributed by atoms with Gasteiger partial charge in [0.05, 0.1) is 12.0 Å². The van der Waals surface area contributed by atoms with E-state index in [-0.39, 0.29) is 51.5 Å². The van der Waals surface area contributed by atoms with Gasteiger partial charge in [-0.25, -0.2) is 0 Å². The van der Waals surface area contributed by atoms with Gasteiger partial charge in [0, 0.05) is 38.6 Å². The second kappa shape index (κ2) is 10.5. The van der Waals surface area contributed by atoms with E-state index in [1.807, 2.05) is 0 Å². The molecule has 1 N–H and O–H groups in total. The van der Waals surface area contributed by atoms with Crippen molar-refractivity contribution in [2.24, 2.45) is 35.5 Å². The molecule has 5 heteroatoms. The van der Waals surface area contributed by atoms with Gasteiger partial charge in [0.2, 0.25) is 0 Å². The van der Waals surface area contributed by atoms with E-state index in [9.17, 15) is 18.3 Å². The molecule has 0 aromatic carbocycles. The fraction of sp³-hybridized carbons (Fsp3) is 0.917. The van der Waals surface area contributed by atoms with E-state index < -0.39 is 18.2 Å². The SMILES string of the molecule is OC1CC(C(F)(F)F)CCC1C1=CCC(C2CCC(C3CCCC3)CC2)CC1.[Y]. The van der Waals surface area contributed by atoms with Crippen molar-refractivity contribution >= 4 is 0 Å². The van der Waals surface area contributed by atoms with Gasteiger partial charge in [-0.3, -0.25) is 0 Å². The van der Waals surface area contributed by atoms with Gasteiger partial charge in [-0.15, -0.1) is 0 Å². The summed E-state index contributed by atoms with van der Waals surface area (Å²) in [6, 6.07) is 0. The van der Waals surface area contributed by atoms with Crippen LogP contribution in [0, 0.1) is 35.5 Å². The average molecular weight is 487 g/mol. The summed E-state index contributed by atoms with van der Waals surface area (Å²) < 4.78 is 38.8. The molecule has 1 nitrogen and oxygen atoms in total. The Bertz CT molecular complexity index is 547. The monoisotopic (exact) mass is 487 g/mol. The smallest absolute Gasteiger partial charge is 0.391 e. The van der Waals surface area contributed by atoms with Crippen LogP contribution in [0.25, 0.3) is 0 Å². The van der Waals surface area contributed by atoms with Crippen molar-refractivity contribution in [1.82, 2.24) is 0 Å². The number of allylic oxidation sites excluding steroid dienone is 1. The van der Waals surface area contributed by atoms with E-state index in [4.69, 9.17) is 0 Å². The third kappa shape index (κ3) is 5.89. The molecule has 0 aliphatic heterocycles. The zero-order valence-electron chi connectivity index (χ0n) is 17.7. The minimum atomic E-state index is -4.16. The van der Waals surface area contributed by atoms with Crippen LogP contribution in [0.3, 0.4) is 0 Å². The zero-order valence-corrected chi connectivity index (χ0v) is 20.5. The molecule has 4 rings (SSSR count). The maximum atomic E-state index is 12.9. The summed E-state index contributed by atoms with van der Waals surface area (Å²) in [4.78, 5) is 0. The Morgan fingerprint density at radius 3 is 1.86 bits per heavy atom. The maximum absolute atomic E-state index is 12.9. The number of hydrogen-bond donors (Lipinski definition) is 1. The molecule has 4 aliphatic carbocycles. The van der Waals surface area contributed by atoms with Crippen LogP contribution >= 0.6 is 0 Å². The normalized spacial score (nSPS) is 39.7. The van der Waals surface area contributed by atoms with Crippen LogP contribution in [0.4, 0.5) is 13.2 Å². The number of halogens is 3. The summed E-state index contributed by atoms with van der Waals surface area (Å²) in [5.41, 5.74) is 1.25. The first kappa shape index (κ1) is 24.2. The van der Waals surface area contributed by atoms with Gasteiger partial charge < -0.3 is 5.11 Å². The summed E-state index contributed by atoms with van der Waals surface area (Å²) in [6.07, 6.45) is 12.6. The summed E-state index contributed by atoms with van der Waals surface area (Å²) in [6.45, 7) is 0. The minimum absolute atomic E-state index is 0. The van der Waals surface area contributed by atoms with Crippen molar-refractivity contribution in [1.29, 1.82) is 0 Å². The van der Waals surface area contributed by atoms with Crippen LogP contribution in [0.1, 0.15) is 89.9 Å². The molecule has 4 unspecified atom stereocenters. The van der Waals surface area contributed by atoms with Gasteiger partial charge in [0.1, 0.15) is 0 Å². The number of rotatable bonds is 3. The molecule has 0 spiro atoms. The largest absolute Gasteiger partial charge is 0.392 e. The predicted octanol–water partition coefficient (Wildman–Crippen LogP) is 7.05. The first-order valence-electron chi connectivity index (χ1n) is 11.9. The fourth-order valence-electron chi connectivity index (χ4n) is 7.03. The molecule has 0 amide bonds. The van der Waals surface area contributed by atoms with Crippen LogP contribution in [-0.4, -0.2) is 17.4 Å². The molecule has 4 atom stereocenters. The number of hydrogen-bond acceptors (Lipinski definition) is 1. The van der Waals surface area contributed by atoms with Crippen molar-refractivity contribution in [3.63, 3.8) is 0 Å². The molecule has 1 radical (unpaired) electrons. The van der Waals surface area contributed by atoms with Crippen LogP contribution in [-0.2, 0) is 32.7 Å². The van der Waals surface area contributed by atoms with Crippen LogP contribution < -0.4 is 0 Å². The van der Waals surface area contributed by atoms with Gasteiger partial charge in [-0.1, -0.05) is 37.3 Å².